The van der Waals surface area contributed by atoms with Gasteiger partial charge in [0.25, 0.3) is 11.6 Å². The summed E-state index contributed by atoms with van der Waals surface area (Å²) in [5.74, 6) is -1.74. The summed E-state index contributed by atoms with van der Waals surface area (Å²) in [5, 5.41) is 27.2. The number of hydrogen-bond donors (Lipinski definition) is 1. The molecule has 1 aliphatic heterocycles. The highest BCUT2D eigenvalue weighted by Gasteiger charge is 2.62. The van der Waals surface area contributed by atoms with Gasteiger partial charge >= 0.3 is 12.0 Å². The second-order valence-corrected chi connectivity index (χ2v) is 4.99. The number of nitro groups is 1. The zero-order chi connectivity index (χ0) is 17.6. The van der Waals surface area contributed by atoms with Crippen LogP contribution in [-0.2, 0) is 4.79 Å². The third-order valence-corrected chi connectivity index (χ3v) is 3.41. The Balaban J connectivity index is 2.33. The molecule has 9 nitrogen and oxygen atoms in total. The summed E-state index contributed by atoms with van der Waals surface area (Å²) in [5.41, 5.74) is -3.23. The molecular formula is C11H12F3N5O4. The predicted molar refractivity (Wildman–Crippen MR) is 69.3 cm³/mol. The normalized spacial score (nSPS) is 22.4. The standard InChI is InChI=1S/C11H12F3N5O4/c1-6-5-8(19(22)23)16-17(6)7(2)9(20)18-10(21,3-4-15-18)11(12,13)14/h4-5,7,21H,3H2,1-2H3/t7-,10-/m1/s1. The summed E-state index contributed by atoms with van der Waals surface area (Å²) in [6.45, 7) is 2.61. The van der Waals surface area contributed by atoms with Gasteiger partial charge in [0.05, 0.1) is 16.9 Å². The van der Waals surface area contributed by atoms with Crippen LogP contribution in [0, 0.1) is 17.0 Å². The Hall–Kier alpha value is -2.50. The third-order valence-electron chi connectivity index (χ3n) is 3.41. The molecule has 2 rings (SSSR count). The number of nitrogens with zero attached hydrogens (tertiary/aromatic N) is 5. The highest BCUT2D eigenvalue weighted by Crippen LogP contribution is 2.39. The number of carbonyl (C=O) groups excluding carboxylic acids is 1. The molecule has 2 atom stereocenters. The van der Waals surface area contributed by atoms with E-state index in [2.05, 4.69) is 10.2 Å². The summed E-state index contributed by atoms with van der Waals surface area (Å²) in [6.07, 6.45) is -5.23. The highest BCUT2D eigenvalue weighted by atomic mass is 19.4. The van der Waals surface area contributed by atoms with Crippen molar-refractivity contribution in [2.75, 3.05) is 0 Å². The van der Waals surface area contributed by atoms with E-state index in [-0.39, 0.29) is 10.7 Å². The monoisotopic (exact) mass is 335 g/mol. The van der Waals surface area contributed by atoms with Crippen molar-refractivity contribution in [2.45, 2.75) is 38.2 Å². The molecule has 1 aliphatic rings. The first-order chi connectivity index (χ1) is 10.5. The summed E-state index contributed by atoms with van der Waals surface area (Å²) in [6, 6.07) is -0.250. The Bertz CT molecular complexity index is 686. The Kier molecular flexibility index (Phi) is 3.88. The van der Waals surface area contributed by atoms with Crippen molar-refractivity contribution >= 4 is 17.9 Å². The van der Waals surface area contributed by atoms with Crippen molar-refractivity contribution in [1.29, 1.82) is 0 Å². The molecular weight excluding hydrogens is 323 g/mol. The van der Waals surface area contributed by atoms with Crippen LogP contribution in [0.25, 0.3) is 0 Å². The zero-order valence-electron chi connectivity index (χ0n) is 12.0. The number of halogens is 3. The van der Waals surface area contributed by atoms with Crippen LogP contribution in [0.2, 0.25) is 0 Å². The van der Waals surface area contributed by atoms with E-state index < -0.39 is 41.0 Å². The summed E-state index contributed by atoms with van der Waals surface area (Å²) >= 11 is 0. The summed E-state index contributed by atoms with van der Waals surface area (Å²) < 4.78 is 39.8. The molecule has 1 aromatic rings. The number of aliphatic hydroxyl groups is 1. The maximum absolute atomic E-state index is 13.0. The largest absolute Gasteiger partial charge is 0.438 e. The first-order valence-electron chi connectivity index (χ1n) is 6.35. The topological polar surface area (TPSA) is 114 Å². The number of alkyl halides is 3. The van der Waals surface area contributed by atoms with Crippen molar-refractivity contribution in [3.05, 3.63) is 21.9 Å². The van der Waals surface area contributed by atoms with Crippen molar-refractivity contribution < 1.29 is 28.0 Å². The van der Waals surface area contributed by atoms with Gasteiger partial charge in [-0.15, -0.1) is 0 Å². The van der Waals surface area contributed by atoms with E-state index in [1.165, 1.54) is 13.8 Å². The van der Waals surface area contributed by atoms with Gasteiger partial charge in [0.1, 0.15) is 0 Å². The second kappa shape index (κ2) is 5.30. The van der Waals surface area contributed by atoms with Crippen molar-refractivity contribution in [3.8, 4) is 0 Å². The lowest BCUT2D eigenvalue weighted by Crippen LogP contribution is -2.57. The molecule has 126 valence electrons. The molecule has 0 saturated carbocycles. The summed E-state index contributed by atoms with van der Waals surface area (Å²) in [7, 11) is 0. The summed E-state index contributed by atoms with van der Waals surface area (Å²) in [4.78, 5) is 22.1. The Morgan fingerprint density at radius 1 is 1.57 bits per heavy atom. The molecule has 1 aromatic heterocycles. The minimum atomic E-state index is -5.11. The smallest absolute Gasteiger partial charge is 0.362 e. The van der Waals surface area contributed by atoms with Crippen molar-refractivity contribution in [2.24, 2.45) is 5.10 Å². The van der Waals surface area contributed by atoms with E-state index in [1.807, 2.05) is 0 Å². The quantitative estimate of drug-likeness (QED) is 0.657. The lowest BCUT2D eigenvalue weighted by atomic mass is 10.1. The van der Waals surface area contributed by atoms with Gasteiger partial charge in [-0.2, -0.15) is 28.0 Å². The number of rotatable bonds is 3. The minimum Gasteiger partial charge on any atom is -0.362 e. The van der Waals surface area contributed by atoms with E-state index in [0.29, 0.717) is 0 Å². The zero-order valence-corrected chi connectivity index (χ0v) is 12.0. The van der Waals surface area contributed by atoms with Gasteiger partial charge in [0.15, 0.2) is 6.04 Å². The van der Waals surface area contributed by atoms with Crippen molar-refractivity contribution in [1.82, 2.24) is 14.8 Å². The second-order valence-electron chi connectivity index (χ2n) is 4.99. The number of amides is 1. The van der Waals surface area contributed by atoms with E-state index in [9.17, 15) is 33.2 Å². The van der Waals surface area contributed by atoms with Crippen LogP contribution >= 0.6 is 0 Å². The molecule has 2 heterocycles. The Morgan fingerprint density at radius 3 is 2.65 bits per heavy atom. The van der Waals surface area contributed by atoms with Gasteiger partial charge < -0.3 is 15.2 Å². The average molecular weight is 335 g/mol. The molecule has 23 heavy (non-hydrogen) atoms. The van der Waals surface area contributed by atoms with Crippen LogP contribution in [0.1, 0.15) is 25.1 Å². The maximum atomic E-state index is 13.0. The maximum Gasteiger partial charge on any atom is 0.438 e. The molecule has 1 amide bonds. The molecule has 0 aliphatic carbocycles. The average Bonchev–Trinajstić information content (AvgIpc) is 3.01. The third kappa shape index (κ3) is 2.65. The van der Waals surface area contributed by atoms with E-state index in [4.69, 9.17) is 0 Å². The van der Waals surface area contributed by atoms with E-state index in [0.717, 1.165) is 17.0 Å². The molecule has 0 saturated heterocycles. The minimum absolute atomic E-state index is 0.0649. The van der Waals surface area contributed by atoms with Crippen LogP contribution in [0.5, 0.6) is 0 Å². The lowest BCUT2D eigenvalue weighted by Gasteiger charge is -2.33. The van der Waals surface area contributed by atoms with Crippen molar-refractivity contribution in [3.63, 3.8) is 0 Å². The van der Waals surface area contributed by atoms with Crippen LogP contribution in [-0.4, -0.2) is 48.8 Å². The first-order valence-corrected chi connectivity index (χ1v) is 6.35. The van der Waals surface area contributed by atoms with E-state index >= 15 is 0 Å². The van der Waals surface area contributed by atoms with Gasteiger partial charge in [-0.1, -0.05) is 0 Å². The van der Waals surface area contributed by atoms with Gasteiger partial charge in [0, 0.05) is 12.6 Å². The Labute approximate surface area is 127 Å². The molecule has 0 aromatic carbocycles. The molecule has 0 bridgehead atoms. The van der Waals surface area contributed by atoms with Crippen LogP contribution in [0.4, 0.5) is 19.0 Å². The number of hydrogen-bond acceptors (Lipinski definition) is 6. The van der Waals surface area contributed by atoms with Gasteiger partial charge in [-0.25, -0.2) is 0 Å². The number of aryl methyl sites for hydroxylation is 1. The predicted octanol–water partition coefficient (Wildman–Crippen LogP) is 1.13. The molecule has 0 spiro atoms. The molecule has 1 N–H and O–H groups in total. The van der Waals surface area contributed by atoms with Gasteiger partial charge in [-0.05, 0) is 18.8 Å². The number of hydrazone groups is 1. The molecule has 0 unspecified atom stereocenters. The molecule has 0 radical (unpaired) electrons. The first kappa shape index (κ1) is 16.9. The SMILES string of the molecule is Cc1cc([N+](=O)[O-])nn1[C@H](C)C(=O)N1N=CC[C@@]1(O)C(F)(F)F. The van der Waals surface area contributed by atoms with E-state index in [1.54, 1.807) is 0 Å². The molecule has 0 fully saturated rings. The number of aromatic nitrogens is 2. The van der Waals surface area contributed by atoms with Crippen LogP contribution in [0.15, 0.2) is 11.2 Å². The fourth-order valence-electron chi connectivity index (χ4n) is 2.14. The Morgan fingerprint density at radius 2 is 2.17 bits per heavy atom. The van der Waals surface area contributed by atoms with Gasteiger partial charge in [0.2, 0.25) is 0 Å². The lowest BCUT2D eigenvalue weighted by molar-refractivity contribution is -0.389. The van der Waals surface area contributed by atoms with Crippen LogP contribution in [0.3, 0.4) is 0 Å². The highest BCUT2D eigenvalue weighted by molar-refractivity contribution is 5.83. The van der Waals surface area contributed by atoms with Gasteiger partial charge in [-0.3, -0.25) is 4.79 Å². The fourth-order valence-corrected chi connectivity index (χ4v) is 2.14. The fraction of sp³-hybridized carbons (Fsp3) is 0.545. The van der Waals surface area contributed by atoms with Crippen LogP contribution < -0.4 is 0 Å². The molecule has 12 heteroatoms. The number of carbonyl (C=O) groups is 1.